The maximum Gasteiger partial charge on any atom is 0.270 e. The molecular weight excluding hydrogens is 512 g/mol. The Labute approximate surface area is 233 Å². The number of methoxy groups -OCH3 is 2. The zero-order chi connectivity index (χ0) is 27.6. The Hall–Kier alpha value is -4.11. The maximum atomic E-state index is 13.1. The zero-order valence-corrected chi connectivity index (χ0v) is 23.4. The fourth-order valence-electron chi connectivity index (χ4n) is 4.31. The van der Waals surface area contributed by atoms with Gasteiger partial charge in [-0.05, 0) is 54.8 Å². The molecule has 2 heterocycles. The van der Waals surface area contributed by atoms with Crippen molar-refractivity contribution in [2.45, 2.75) is 32.9 Å². The van der Waals surface area contributed by atoms with Crippen LogP contribution >= 0.6 is 11.3 Å². The molecule has 0 atom stereocenters. The number of nitrogens with one attached hydrogen (secondary N) is 1. The van der Waals surface area contributed by atoms with Crippen LogP contribution in [0.3, 0.4) is 0 Å². The van der Waals surface area contributed by atoms with Crippen LogP contribution in [0.1, 0.15) is 50.5 Å². The second-order valence-corrected chi connectivity index (χ2v) is 9.98. The first-order valence-corrected chi connectivity index (χ1v) is 13.8. The first-order chi connectivity index (χ1) is 19.0. The van der Waals surface area contributed by atoms with Crippen LogP contribution < -0.4 is 14.8 Å². The van der Waals surface area contributed by atoms with Crippen molar-refractivity contribution in [2.24, 2.45) is 0 Å². The van der Waals surface area contributed by atoms with E-state index in [-0.39, 0.29) is 11.8 Å². The Bertz CT molecular complexity index is 1380. The highest BCUT2D eigenvalue weighted by Gasteiger charge is 2.18. The summed E-state index contributed by atoms with van der Waals surface area (Å²) in [6.07, 6.45) is 3.51. The van der Waals surface area contributed by atoms with Gasteiger partial charge >= 0.3 is 0 Å². The van der Waals surface area contributed by atoms with E-state index in [2.05, 4.69) is 21.8 Å². The molecule has 0 aliphatic heterocycles. The summed E-state index contributed by atoms with van der Waals surface area (Å²) in [5.41, 5.74) is 3.15. The van der Waals surface area contributed by atoms with Crippen molar-refractivity contribution < 1.29 is 19.1 Å². The van der Waals surface area contributed by atoms with Gasteiger partial charge in [0.05, 0.1) is 27.3 Å². The topological polar surface area (TPSA) is 85.7 Å². The van der Waals surface area contributed by atoms with Gasteiger partial charge in [0, 0.05) is 35.9 Å². The SMILES string of the molecule is CCCN(Cc1cccn1Cc1nc(C(=O)NCCc2ccc(OC)c(OC)c2)cs1)C(=O)c1ccccc1. The highest BCUT2D eigenvalue weighted by Crippen LogP contribution is 2.27. The molecule has 8 nitrogen and oxygen atoms in total. The highest BCUT2D eigenvalue weighted by atomic mass is 32.1. The fourth-order valence-corrected chi connectivity index (χ4v) is 5.08. The highest BCUT2D eigenvalue weighted by molar-refractivity contribution is 7.09. The summed E-state index contributed by atoms with van der Waals surface area (Å²) in [4.78, 5) is 32.2. The van der Waals surface area contributed by atoms with E-state index in [1.54, 1.807) is 19.6 Å². The van der Waals surface area contributed by atoms with Crippen molar-refractivity contribution in [3.8, 4) is 11.5 Å². The van der Waals surface area contributed by atoms with Crippen LogP contribution in [0.4, 0.5) is 0 Å². The number of ether oxygens (including phenoxy) is 2. The molecule has 204 valence electrons. The molecule has 2 aromatic heterocycles. The number of amides is 2. The van der Waals surface area contributed by atoms with Crippen LogP contribution in [0, 0.1) is 0 Å². The number of carbonyl (C=O) groups is 2. The molecule has 39 heavy (non-hydrogen) atoms. The molecule has 0 saturated carbocycles. The first-order valence-electron chi connectivity index (χ1n) is 12.9. The largest absolute Gasteiger partial charge is 0.493 e. The average molecular weight is 547 g/mol. The first kappa shape index (κ1) is 27.9. The Morgan fingerprint density at radius 3 is 2.56 bits per heavy atom. The van der Waals surface area contributed by atoms with Gasteiger partial charge in [-0.1, -0.05) is 31.2 Å². The number of carbonyl (C=O) groups excluding carboxylic acids is 2. The number of thiazole rings is 1. The fraction of sp³-hybridized carbons (Fsp3) is 0.300. The van der Waals surface area contributed by atoms with Gasteiger partial charge in [0.2, 0.25) is 0 Å². The molecule has 2 aromatic carbocycles. The zero-order valence-electron chi connectivity index (χ0n) is 22.6. The number of hydrogen-bond donors (Lipinski definition) is 1. The van der Waals surface area contributed by atoms with Crippen LogP contribution in [-0.4, -0.2) is 53.6 Å². The number of nitrogens with zero attached hydrogens (tertiary/aromatic N) is 3. The molecule has 2 amide bonds. The number of aromatic nitrogens is 2. The van der Waals surface area contributed by atoms with Crippen LogP contribution in [0.2, 0.25) is 0 Å². The minimum absolute atomic E-state index is 0.0199. The van der Waals surface area contributed by atoms with Gasteiger partial charge in [-0.25, -0.2) is 4.98 Å². The Kier molecular flexibility index (Phi) is 9.74. The van der Waals surface area contributed by atoms with E-state index in [1.807, 2.05) is 71.8 Å². The van der Waals surface area contributed by atoms with Gasteiger partial charge in [0.1, 0.15) is 10.7 Å². The molecule has 0 spiro atoms. The third-order valence-corrected chi connectivity index (χ3v) is 7.15. The van der Waals surface area contributed by atoms with Crippen LogP contribution in [0.25, 0.3) is 0 Å². The van der Waals surface area contributed by atoms with Gasteiger partial charge in [0.15, 0.2) is 11.5 Å². The third kappa shape index (κ3) is 7.26. The van der Waals surface area contributed by atoms with E-state index < -0.39 is 0 Å². The number of benzene rings is 2. The smallest absolute Gasteiger partial charge is 0.270 e. The minimum Gasteiger partial charge on any atom is -0.493 e. The third-order valence-electron chi connectivity index (χ3n) is 6.32. The molecule has 0 radical (unpaired) electrons. The second kappa shape index (κ2) is 13.6. The van der Waals surface area contributed by atoms with Crippen molar-refractivity contribution in [1.82, 2.24) is 19.8 Å². The summed E-state index contributed by atoms with van der Waals surface area (Å²) in [5.74, 6) is 1.16. The van der Waals surface area contributed by atoms with Crippen molar-refractivity contribution in [3.63, 3.8) is 0 Å². The monoisotopic (exact) mass is 546 g/mol. The molecule has 0 aliphatic carbocycles. The molecule has 4 aromatic rings. The summed E-state index contributed by atoms with van der Waals surface area (Å²) in [6, 6.07) is 19.1. The minimum atomic E-state index is -0.201. The summed E-state index contributed by atoms with van der Waals surface area (Å²) >= 11 is 1.45. The van der Waals surface area contributed by atoms with E-state index in [0.29, 0.717) is 55.4 Å². The van der Waals surface area contributed by atoms with Crippen molar-refractivity contribution in [3.05, 3.63) is 99.8 Å². The summed E-state index contributed by atoms with van der Waals surface area (Å²) < 4.78 is 12.7. The lowest BCUT2D eigenvalue weighted by atomic mass is 10.1. The molecule has 0 aliphatic rings. The molecule has 4 rings (SSSR count). The van der Waals surface area contributed by atoms with E-state index in [4.69, 9.17) is 9.47 Å². The Morgan fingerprint density at radius 1 is 1.03 bits per heavy atom. The van der Waals surface area contributed by atoms with Crippen LogP contribution in [0.15, 0.2) is 72.2 Å². The molecule has 1 N–H and O–H groups in total. The summed E-state index contributed by atoms with van der Waals surface area (Å²) in [7, 11) is 3.20. The van der Waals surface area contributed by atoms with E-state index in [1.165, 1.54) is 11.3 Å². The molecule has 0 unspecified atom stereocenters. The van der Waals surface area contributed by atoms with Gasteiger partial charge in [-0.15, -0.1) is 11.3 Å². The van der Waals surface area contributed by atoms with Crippen molar-refractivity contribution in [1.29, 1.82) is 0 Å². The van der Waals surface area contributed by atoms with E-state index in [9.17, 15) is 9.59 Å². The average Bonchev–Trinajstić information content (AvgIpc) is 3.62. The molecular formula is C30H34N4O4S. The number of hydrogen-bond acceptors (Lipinski definition) is 6. The molecule has 0 fully saturated rings. The van der Waals surface area contributed by atoms with Crippen LogP contribution in [-0.2, 0) is 19.5 Å². The Morgan fingerprint density at radius 2 is 1.82 bits per heavy atom. The quantitative estimate of drug-likeness (QED) is 0.254. The predicted molar refractivity (Wildman–Crippen MR) is 153 cm³/mol. The van der Waals surface area contributed by atoms with Crippen LogP contribution in [0.5, 0.6) is 11.5 Å². The normalized spacial score (nSPS) is 10.7. The second-order valence-electron chi connectivity index (χ2n) is 9.04. The number of rotatable bonds is 13. The predicted octanol–water partition coefficient (Wildman–Crippen LogP) is 5.04. The molecule has 0 saturated heterocycles. The van der Waals surface area contributed by atoms with Crippen molar-refractivity contribution >= 4 is 23.2 Å². The lowest BCUT2D eigenvalue weighted by Gasteiger charge is -2.23. The van der Waals surface area contributed by atoms with E-state index in [0.717, 1.165) is 22.7 Å². The lowest BCUT2D eigenvalue weighted by molar-refractivity contribution is 0.0739. The molecule has 0 bridgehead atoms. The van der Waals surface area contributed by atoms with Crippen molar-refractivity contribution in [2.75, 3.05) is 27.3 Å². The van der Waals surface area contributed by atoms with Gasteiger partial charge in [-0.3, -0.25) is 9.59 Å². The Balaban J connectivity index is 1.34. The van der Waals surface area contributed by atoms with Gasteiger partial charge in [0.25, 0.3) is 11.8 Å². The maximum absolute atomic E-state index is 13.1. The molecule has 9 heteroatoms. The summed E-state index contributed by atoms with van der Waals surface area (Å²) in [5, 5.41) is 5.56. The lowest BCUT2D eigenvalue weighted by Crippen LogP contribution is -2.32. The summed E-state index contributed by atoms with van der Waals surface area (Å²) in [6.45, 7) is 4.25. The standard InChI is InChI=1S/C30H34N4O4S/c1-4-16-34(30(36)23-9-6-5-7-10-23)19-24-11-8-17-33(24)20-28-32-25(21-39-28)29(35)31-15-14-22-12-13-26(37-2)27(18-22)38-3/h5-13,17-18,21H,4,14-16,19-20H2,1-3H3,(H,31,35). The van der Waals surface area contributed by atoms with Gasteiger partial charge < -0.3 is 24.3 Å². The van der Waals surface area contributed by atoms with Gasteiger partial charge in [-0.2, -0.15) is 0 Å². The van der Waals surface area contributed by atoms with E-state index >= 15 is 0 Å².